The number of aromatic nitrogens is 1. The summed E-state index contributed by atoms with van der Waals surface area (Å²) in [5.41, 5.74) is 2.15. The fourth-order valence-electron chi connectivity index (χ4n) is 5.45. The number of fused-ring (bicyclic) bond motifs is 1. The summed E-state index contributed by atoms with van der Waals surface area (Å²) in [7, 11) is -0.913. The summed E-state index contributed by atoms with van der Waals surface area (Å²) >= 11 is 0. The van der Waals surface area contributed by atoms with E-state index in [1.54, 1.807) is 37.4 Å². The Labute approximate surface area is 228 Å². The van der Waals surface area contributed by atoms with E-state index in [0.29, 0.717) is 28.0 Å². The number of pyridine rings is 1. The molecule has 3 aromatic carbocycles. The van der Waals surface area contributed by atoms with Crippen molar-refractivity contribution in [2.24, 2.45) is 0 Å². The van der Waals surface area contributed by atoms with Crippen molar-refractivity contribution in [1.82, 2.24) is 4.98 Å². The number of para-hydroxylation sites is 1. The van der Waals surface area contributed by atoms with Gasteiger partial charge in [0.25, 0.3) is 0 Å². The molecule has 202 valence electrons. The molecule has 1 aromatic heterocycles. The Kier molecular flexibility index (Phi) is 7.18. The van der Waals surface area contributed by atoms with Crippen molar-refractivity contribution in [1.29, 1.82) is 0 Å². The number of Topliss-reactive ketones (excluding diaryl/α,β-unsaturated/α-hetero) is 1. The largest absolute Gasteiger partial charge is 0.496 e. The minimum Gasteiger partial charge on any atom is -0.496 e. The molecule has 0 N–H and O–H groups in total. The smallest absolute Gasteiger partial charge is 0.186 e. The highest BCUT2D eigenvalue weighted by Crippen LogP contribution is 2.49. The van der Waals surface area contributed by atoms with Crippen molar-refractivity contribution >= 4 is 26.5 Å². The molecular weight excluding hydrogens is 514 g/mol. The maximum absolute atomic E-state index is 14.3. The van der Waals surface area contributed by atoms with Gasteiger partial charge in [-0.1, -0.05) is 35.9 Å². The number of benzene rings is 3. The Morgan fingerprint density at radius 3 is 2.51 bits per heavy atom. The normalized spacial score (nSPS) is 19.2. The lowest BCUT2D eigenvalue weighted by Crippen LogP contribution is -2.40. The summed E-state index contributed by atoms with van der Waals surface area (Å²) in [6, 6.07) is 21.6. The Morgan fingerprint density at radius 2 is 1.74 bits per heavy atom. The predicted molar refractivity (Wildman–Crippen MR) is 149 cm³/mol. The molecule has 1 fully saturated rings. The van der Waals surface area contributed by atoms with Crippen LogP contribution in [0, 0.1) is 13.8 Å². The molecule has 0 aliphatic carbocycles. The molecule has 8 heteroatoms. The number of hydrogen-bond acceptors (Lipinski definition) is 7. The van der Waals surface area contributed by atoms with Gasteiger partial charge in [-0.2, -0.15) is 0 Å². The van der Waals surface area contributed by atoms with Crippen LogP contribution < -0.4 is 9.47 Å². The zero-order chi connectivity index (χ0) is 27.8. The molecule has 39 heavy (non-hydrogen) atoms. The minimum absolute atomic E-state index is 0.0754. The Hall–Kier alpha value is -3.75. The number of sulfone groups is 1. The van der Waals surface area contributed by atoms with Gasteiger partial charge in [0, 0.05) is 22.6 Å². The van der Waals surface area contributed by atoms with E-state index in [2.05, 4.69) is 4.98 Å². The van der Waals surface area contributed by atoms with Crippen LogP contribution in [0.25, 0.3) is 10.9 Å². The monoisotopic (exact) mass is 545 g/mol. The molecule has 2 heterocycles. The lowest BCUT2D eigenvalue weighted by molar-refractivity contribution is -0.137. The van der Waals surface area contributed by atoms with E-state index in [-0.39, 0.29) is 23.8 Å². The van der Waals surface area contributed by atoms with E-state index in [4.69, 9.17) is 14.2 Å². The molecule has 0 spiro atoms. The van der Waals surface area contributed by atoms with Crippen LogP contribution in [0.1, 0.15) is 34.7 Å². The first-order valence-corrected chi connectivity index (χ1v) is 14.4. The van der Waals surface area contributed by atoms with Crippen molar-refractivity contribution in [3.8, 4) is 11.5 Å². The summed E-state index contributed by atoms with van der Waals surface area (Å²) in [5, 5.41) is 0.484. The van der Waals surface area contributed by atoms with Gasteiger partial charge in [-0.15, -0.1) is 0 Å². The van der Waals surface area contributed by atoms with Crippen LogP contribution >= 0.6 is 0 Å². The van der Waals surface area contributed by atoms with Crippen molar-refractivity contribution in [3.63, 3.8) is 0 Å². The first-order valence-electron chi connectivity index (χ1n) is 12.7. The lowest BCUT2D eigenvalue weighted by Gasteiger charge is -2.29. The standard InChI is InChI=1S/C31H31NO6S/c1-20-12-15-28(37-4)25(16-20)31(17-22(18-38-31)23-8-5-6-10-27(23)36-3)30(33)19-39(34,35)29-11-7-9-26-24(29)14-13-21(2)32-26/h5-16,22H,17-19H2,1-4H3/t22-,31+/m0/s1. The molecule has 4 aromatic rings. The third kappa shape index (κ3) is 4.90. The van der Waals surface area contributed by atoms with E-state index >= 15 is 0 Å². The minimum atomic E-state index is -4.04. The molecular formula is C31H31NO6S. The van der Waals surface area contributed by atoms with Crippen LogP contribution in [0.2, 0.25) is 0 Å². The van der Waals surface area contributed by atoms with Gasteiger partial charge in [0.05, 0.1) is 31.2 Å². The van der Waals surface area contributed by atoms with Crippen LogP contribution in [-0.2, 0) is 25.0 Å². The van der Waals surface area contributed by atoms with Gasteiger partial charge in [0.2, 0.25) is 0 Å². The van der Waals surface area contributed by atoms with Gasteiger partial charge in [0.15, 0.2) is 21.2 Å². The third-order valence-corrected chi connectivity index (χ3v) is 9.04. The van der Waals surface area contributed by atoms with Crippen molar-refractivity contribution in [3.05, 3.63) is 95.2 Å². The topological polar surface area (TPSA) is 91.8 Å². The highest BCUT2D eigenvalue weighted by Gasteiger charge is 2.51. The average molecular weight is 546 g/mol. The van der Waals surface area contributed by atoms with Crippen LogP contribution in [0.4, 0.5) is 0 Å². The van der Waals surface area contributed by atoms with Crippen LogP contribution in [-0.4, -0.2) is 45.8 Å². The second-order valence-corrected chi connectivity index (χ2v) is 11.9. The number of aryl methyl sites for hydroxylation is 2. The van der Waals surface area contributed by atoms with Gasteiger partial charge in [0.1, 0.15) is 17.3 Å². The Bertz CT molecular complexity index is 1670. The molecule has 0 unspecified atom stereocenters. The number of rotatable bonds is 8. The maximum Gasteiger partial charge on any atom is 0.186 e. The molecule has 0 saturated carbocycles. The molecule has 1 aliphatic rings. The SMILES string of the molecule is COc1ccccc1[C@@H]1CO[C@@](C(=O)CS(=O)(=O)c2cccc3nc(C)ccc23)(c2cc(C)ccc2OC)C1. The first kappa shape index (κ1) is 26.8. The Morgan fingerprint density at radius 1 is 0.974 bits per heavy atom. The van der Waals surface area contributed by atoms with E-state index in [1.807, 2.05) is 50.2 Å². The Balaban J connectivity index is 1.59. The maximum atomic E-state index is 14.3. The fourth-order valence-corrected chi connectivity index (χ4v) is 6.97. The molecule has 7 nitrogen and oxygen atoms in total. The quantitative estimate of drug-likeness (QED) is 0.296. The highest BCUT2D eigenvalue weighted by atomic mass is 32.2. The summed E-state index contributed by atoms with van der Waals surface area (Å²) < 4.78 is 45.2. The second-order valence-electron chi connectivity index (χ2n) is 9.94. The highest BCUT2D eigenvalue weighted by molar-refractivity contribution is 7.92. The van der Waals surface area contributed by atoms with E-state index in [0.717, 1.165) is 16.8 Å². The molecule has 0 amide bonds. The summed E-state index contributed by atoms with van der Waals surface area (Å²) in [6.07, 6.45) is 0.248. The van der Waals surface area contributed by atoms with Gasteiger partial charge in [-0.05, 0) is 68.3 Å². The fraction of sp³-hybridized carbons (Fsp3) is 0.290. The second kappa shape index (κ2) is 10.4. The van der Waals surface area contributed by atoms with E-state index in [9.17, 15) is 13.2 Å². The number of carbonyl (C=O) groups is 1. The van der Waals surface area contributed by atoms with Crippen LogP contribution in [0.15, 0.2) is 77.7 Å². The van der Waals surface area contributed by atoms with E-state index < -0.39 is 27.0 Å². The van der Waals surface area contributed by atoms with Gasteiger partial charge in [-0.25, -0.2) is 8.42 Å². The molecule has 0 bridgehead atoms. The zero-order valence-corrected chi connectivity index (χ0v) is 23.2. The molecule has 2 atom stereocenters. The number of hydrogen-bond donors (Lipinski definition) is 0. The number of nitrogens with zero attached hydrogens (tertiary/aromatic N) is 1. The average Bonchev–Trinajstić information content (AvgIpc) is 3.39. The third-order valence-electron chi connectivity index (χ3n) is 7.37. The van der Waals surface area contributed by atoms with Gasteiger partial charge in [-0.3, -0.25) is 9.78 Å². The van der Waals surface area contributed by atoms with Crippen molar-refractivity contribution < 1.29 is 27.4 Å². The summed E-state index contributed by atoms with van der Waals surface area (Å²) in [4.78, 5) is 18.8. The lowest BCUT2D eigenvalue weighted by atomic mass is 9.81. The predicted octanol–water partition coefficient (Wildman–Crippen LogP) is 5.31. The van der Waals surface area contributed by atoms with E-state index in [1.165, 1.54) is 13.2 Å². The first-order chi connectivity index (χ1) is 18.7. The molecule has 0 radical (unpaired) electrons. The zero-order valence-electron chi connectivity index (χ0n) is 22.4. The number of ketones is 1. The summed E-state index contributed by atoms with van der Waals surface area (Å²) in [6.45, 7) is 3.98. The van der Waals surface area contributed by atoms with Crippen LogP contribution in [0.5, 0.6) is 11.5 Å². The van der Waals surface area contributed by atoms with Gasteiger partial charge < -0.3 is 14.2 Å². The van der Waals surface area contributed by atoms with Crippen molar-refractivity contribution in [2.45, 2.75) is 36.7 Å². The molecule has 1 aliphatic heterocycles. The van der Waals surface area contributed by atoms with Gasteiger partial charge >= 0.3 is 0 Å². The number of methoxy groups -OCH3 is 2. The van der Waals surface area contributed by atoms with Crippen LogP contribution in [0.3, 0.4) is 0 Å². The molecule has 5 rings (SSSR count). The van der Waals surface area contributed by atoms with Crippen molar-refractivity contribution in [2.75, 3.05) is 26.6 Å². The number of ether oxygens (including phenoxy) is 3. The summed E-state index contributed by atoms with van der Waals surface area (Å²) in [5.74, 6) is -0.298. The number of carbonyl (C=O) groups excluding carboxylic acids is 1. The molecule has 1 saturated heterocycles.